The van der Waals surface area contributed by atoms with Crippen LogP contribution in [0.1, 0.15) is 26.3 Å². The van der Waals surface area contributed by atoms with Crippen molar-refractivity contribution in [2.45, 2.75) is 0 Å². The molecule has 32 heavy (non-hydrogen) atoms. The van der Waals surface area contributed by atoms with Crippen molar-refractivity contribution in [1.82, 2.24) is 5.43 Å². The zero-order valence-electron chi connectivity index (χ0n) is 16.4. The minimum atomic E-state index is -0.598. The molecule has 0 radical (unpaired) electrons. The molecule has 0 fully saturated rings. The third kappa shape index (κ3) is 4.54. The van der Waals surface area contributed by atoms with E-state index in [0.29, 0.717) is 17.1 Å². The number of fused-ring (bicyclic) bond motifs is 1. The van der Waals surface area contributed by atoms with Gasteiger partial charge in [-0.1, -0.05) is 12.1 Å². The average Bonchev–Trinajstić information content (AvgIpc) is 3.28. The van der Waals surface area contributed by atoms with Gasteiger partial charge < -0.3 is 14.2 Å². The van der Waals surface area contributed by atoms with E-state index in [9.17, 15) is 19.7 Å². The van der Waals surface area contributed by atoms with E-state index in [-0.39, 0.29) is 29.4 Å². The first kappa shape index (κ1) is 20.5. The number of hydrogen-bond donors (Lipinski definition) is 1. The fraction of sp³-hybridized carbons (Fsp3) is 0.0455. The Hall–Kier alpha value is -4.73. The molecule has 0 bridgehead atoms. The van der Waals surface area contributed by atoms with Gasteiger partial charge in [-0.25, -0.2) is 10.2 Å². The summed E-state index contributed by atoms with van der Waals surface area (Å²) in [5, 5.41) is 14.6. The van der Waals surface area contributed by atoms with Crippen LogP contribution in [-0.2, 0) is 0 Å². The third-order valence-corrected chi connectivity index (χ3v) is 4.44. The third-order valence-electron chi connectivity index (χ3n) is 4.44. The van der Waals surface area contributed by atoms with E-state index in [0.717, 1.165) is 0 Å². The molecule has 1 amide bonds. The van der Waals surface area contributed by atoms with Crippen LogP contribution in [0.4, 0.5) is 5.69 Å². The molecule has 0 spiro atoms. The van der Waals surface area contributed by atoms with Gasteiger partial charge in [-0.05, 0) is 42.5 Å². The number of ether oxygens (including phenoxy) is 3. The second-order valence-electron chi connectivity index (χ2n) is 6.50. The highest BCUT2D eigenvalue weighted by atomic mass is 16.7. The van der Waals surface area contributed by atoms with Crippen molar-refractivity contribution in [1.29, 1.82) is 0 Å². The predicted molar refractivity (Wildman–Crippen MR) is 112 cm³/mol. The van der Waals surface area contributed by atoms with Gasteiger partial charge in [0.15, 0.2) is 11.5 Å². The predicted octanol–water partition coefficient (Wildman–Crippen LogP) is 3.31. The maximum atomic E-state index is 12.5. The van der Waals surface area contributed by atoms with E-state index >= 15 is 0 Å². The molecule has 3 aromatic rings. The van der Waals surface area contributed by atoms with Gasteiger partial charge in [0.05, 0.1) is 16.7 Å². The van der Waals surface area contributed by atoms with Gasteiger partial charge >= 0.3 is 5.97 Å². The Morgan fingerprint density at radius 3 is 2.50 bits per heavy atom. The number of nitrogens with one attached hydrogen (secondary N) is 1. The first-order chi connectivity index (χ1) is 15.5. The van der Waals surface area contributed by atoms with Crippen LogP contribution >= 0.6 is 0 Å². The molecule has 10 nitrogen and oxygen atoms in total. The van der Waals surface area contributed by atoms with E-state index in [4.69, 9.17) is 14.2 Å². The fourth-order valence-corrected chi connectivity index (χ4v) is 2.82. The van der Waals surface area contributed by atoms with Crippen molar-refractivity contribution in [2.24, 2.45) is 5.10 Å². The van der Waals surface area contributed by atoms with Crippen molar-refractivity contribution in [2.75, 3.05) is 6.79 Å². The summed E-state index contributed by atoms with van der Waals surface area (Å²) >= 11 is 0. The molecule has 10 heteroatoms. The highest BCUT2D eigenvalue weighted by molar-refractivity contribution is 5.96. The van der Waals surface area contributed by atoms with Crippen LogP contribution < -0.4 is 19.6 Å². The van der Waals surface area contributed by atoms with Gasteiger partial charge in [-0.2, -0.15) is 5.10 Å². The SMILES string of the molecule is O=C(N/N=C\c1ccccc1OC(=O)c1ccc2c(c1)OCO2)c1ccc([N+](=O)[O-])cc1. The van der Waals surface area contributed by atoms with E-state index in [1.54, 1.807) is 36.4 Å². The number of non-ortho nitro benzene ring substituents is 1. The van der Waals surface area contributed by atoms with E-state index in [1.807, 2.05) is 0 Å². The normalized spacial score (nSPS) is 11.9. The summed E-state index contributed by atoms with van der Waals surface area (Å²) in [6.07, 6.45) is 1.32. The maximum Gasteiger partial charge on any atom is 0.343 e. The first-order valence-electron chi connectivity index (χ1n) is 9.30. The quantitative estimate of drug-likeness (QED) is 0.208. The van der Waals surface area contributed by atoms with Gasteiger partial charge in [-0.15, -0.1) is 0 Å². The summed E-state index contributed by atoms with van der Waals surface area (Å²) in [6, 6.07) is 16.5. The maximum absolute atomic E-state index is 12.5. The zero-order valence-corrected chi connectivity index (χ0v) is 16.4. The molecule has 0 saturated heterocycles. The summed E-state index contributed by atoms with van der Waals surface area (Å²) in [6.45, 7) is 0.0960. The Morgan fingerprint density at radius 1 is 1.00 bits per heavy atom. The second kappa shape index (κ2) is 8.96. The minimum Gasteiger partial charge on any atom is -0.454 e. The summed E-state index contributed by atoms with van der Waals surface area (Å²) < 4.78 is 16.0. The lowest BCUT2D eigenvalue weighted by molar-refractivity contribution is -0.384. The van der Waals surface area contributed by atoms with E-state index < -0.39 is 16.8 Å². The highest BCUT2D eigenvalue weighted by Gasteiger charge is 2.18. The first-order valence-corrected chi connectivity index (χ1v) is 9.30. The number of hydrazone groups is 1. The van der Waals surface area contributed by atoms with Crippen LogP contribution in [0.25, 0.3) is 0 Å². The van der Waals surface area contributed by atoms with Crippen molar-refractivity contribution in [3.05, 3.63) is 93.5 Å². The van der Waals surface area contributed by atoms with Crippen LogP contribution in [0.15, 0.2) is 71.8 Å². The topological polar surface area (TPSA) is 129 Å². The van der Waals surface area contributed by atoms with Crippen molar-refractivity contribution in [3.8, 4) is 17.2 Å². The number of rotatable bonds is 6. The number of para-hydroxylation sites is 1. The molecular weight excluding hydrogens is 418 g/mol. The van der Waals surface area contributed by atoms with Gasteiger partial charge in [0.2, 0.25) is 6.79 Å². The molecule has 0 atom stereocenters. The van der Waals surface area contributed by atoms with Gasteiger partial charge in [0.1, 0.15) is 5.75 Å². The lowest BCUT2D eigenvalue weighted by Crippen LogP contribution is -2.17. The Bertz CT molecular complexity index is 1220. The van der Waals surface area contributed by atoms with Gasteiger partial charge in [0.25, 0.3) is 11.6 Å². The number of nitro groups is 1. The average molecular weight is 433 g/mol. The lowest BCUT2D eigenvalue weighted by Gasteiger charge is -2.08. The molecule has 0 aliphatic carbocycles. The molecule has 0 unspecified atom stereocenters. The number of nitro benzene ring substituents is 1. The van der Waals surface area contributed by atoms with Gasteiger partial charge in [0, 0.05) is 23.3 Å². The molecule has 3 aromatic carbocycles. The molecule has 1 heterocycles. The second-order valence-corrected chi connectivity index (χ2v) is 6.50. The Labute approximate surface area is 181 Å². The molecule has 0 aromatic heterocycles. The van der Waals surface area contributed by atoms with E-state index in [1.165, 1.54) is 36.5 Å². The van der Waals surface area contributed by atoms with E-state index in [2.05, 4.69) is 10.5 Å². The number of benzene rings is 3. The van der Waals surface area contributed by atoms with Crippen LogP contribution in [0.2, 0.25) is 0 Å². The number of hydrogen-bond acceptors (Lipinski definition) is 8. The Kier molecular flexibility index (Phi) is 5.75. The molecule has 1 aliphatic heterocycles. The molecule has 4 rings (SSSR count). The number of carbonyl (C=O) groups excluding carboxylic acids is 2. The highest BCUT2D eigenvalue weighted by Crippen LogP contribution is 2.32. The van der Waals surface area contributed by atoms with Crippen LogP contribution in [0, 0.1) is 10.1 Å². The largest absolute Gasteiger partial charge is 0.454 e. The monoisotopic (exact) mass is 433 g/mol. The molecular formula is C22H15N3O7. The molecule has 1 aliphatic rings. The zero-order chi connectivity index (χ0) is 22.5. The summed E-state index contributed by atoms with van der Waals surface area (Å²) in [4.78, 5) is 34.8. The summed E-state index contributed by atoms with van der Waals surface area (Å²) in [5.41, 5.74) is 3.14. The van der Waals surface area contributed by atoms with Crippen molar-refractivity contribution >= 4 is 23.8 Å². The number of nitrogens with zero attached hydrogens (tertiary/aromatic N) is 2. The van der Waals surface area contributed by atoms with Crippen molar-refractivity contribution in [3.63, 3.8) is 0 Å². The number of carbonyl (C=O) groups is 2. The molecule has 160 valence electrons. The van der Waals surface area contributed by atoms with Crippen LogP contribution in [0.3, 0.4) is 0 Å². The molecule has 0 saturated carbocycles. The summed E-state index contributed by atoms with van der Waals surface area (Å²) in [7, 11) is 0. The summed E-state index contributed by atoms with van der Waals surface area (Å²) in [5.74, 6) is 0.106. The number of esters is 1. The Balaban J connectivity index is 1.42. The number of amides is 1. The fourth-order valence-electron chi connectivity index (χ4n) is 2.82. The molecule has 1 N–H and O–H groups in total. The minimum absolute atomic E-state index is 0.0960. The van der Waals surface area contributed by atoms with Crippen molar-refractivity contribution < 1.29 is 28.7 Å². The van der Waals surface area contributed by atoms with Crippen LogP contribution in [-0.4, -0.2) is 29.8 Å². The van der Waals surface area contributed by atoms with Gasteiger partial charge in [-0.3, -0.25) is 14.9 Å². The Morgan fingerprint density at radius 2 is 1.72 bits per heavy atom. The standard InChI is InChI=1S/C22H15N3O7/c26-21(14-5-8-17(9-6-14)25(28)29)24-23-12-16-3-1-2-4-18(16)32-22(27)15-7-10-19-20(11-15)31-13-30-19/h1-12H,13H2,(H,24,26)/b23-12-. The van der Waals surface area contributed by atoms with Crippen LogP contribution in [0.5, 0.6) is 17.2 Å². The smallest absolute Gasteiger partial charge is 0.343 e. The lowest BCUT2D eigenvalue weighted by atomic mass is 10.2.